The van der Waals surface area contributed by atoms with E-state index in [1.807, 2.05) is 12.1 Å². The van der Waals surface area contributed by atoms with Crippen LogP contribution >= 0.6 is 0 Å². The van der Waals surface area contributed by atoms with Crippen molar-refractivity contribution in [2.45, 2.75) is 45.3 Å². The molecule has 0 aliphatic heterocycles. The molecule has 0 aliphatic carbocycles. The first kappa shape index (κ1) is 17.8. The first-order chi connectivity index (χ1) is 10.2. The summed E-state index contributed by atoms with van der Waals surface area (Å²) in [6.45, 7) is 5.31. The number of methoxy groups -OCH3 is 3. The second-order valence-electron chi connectivity index (χ2n) is 5.11. The molecule has 4 heteroatoms. The van der Waals surface area contributed by atoms with Crippen LogP contribution in [0.2, 0.25) is 0 Å². The average molecular weight is 295 g/mol. The van der Waals surface area contributed by atoms with E-state index in [0.717, 1.165) is 37.3 Å². The van der Waals surface area contributed by atoms with E-state index in [-0.39, 0.29) is 12.1 Å². The summed E-state index contributed by atoms with van der Waals surface area (Å²) in [5.74, 6) is 1.50. The van der Waals surface area contributed by atoms with Crippen molar-refractivity contribution < 1.29 is 14.2 Å². The molecule has 120 valence electrons. The van der Waals surface area contributed by atoms with Crippen molar-refractivity contribution in [1.29, 1.82) is 0 Å². The minimum Gasteiger partial charge on any atom is -0.493 e. The lowest BCUT2D eigenvalue weighted by atomic mass is 9.97. The SMILES string of the molecule is CCCNC(c1ccc(OC)c(OC)c1)C(CCC)OC. The maximum absolute atomic E-state index is 5.70. The largest absolute Gasteiger partial charge is 0.493 e. The smallest absolute Gasteiger partial charge is 0.161 e. The fourth-order valence-electron chi connectivity index (χ4n) is 2.52. The Labute approximate surface area is 128 Å². The second-order valence-corrected chi connectivity index (χ2v) is 5.11. The van der Waals surface area contributed by atoms with E-state index in [2.05, 4.69) is 25.2 Å². The summed E-state index contributed by atoms with van der Waals surface area (Å²) in [5.41, 5.74) is 1.17. The van der Waals surface area contributed by atoms with Gasteiger partial charge in [0.25, 0.3) is 0 Å². The molecule has 1 aromatic rings. The van der Waals surface area contributed by atoms with E-state index in [4.69, 9.17) is 14.2 Å². The molecule has 0 fully saturated rings. The van der Waals surface area contributed by atoms with Gasteiger partial charge in [0.05, 0.1) is 26.4 Å². The quantitative estimate of drug-likeness (QED) is 0.716. The average Bonchev–Trinajstić information content (AvgIpc) is 2.53. The van der Waals surface area contributed by atoms with E-state index in [9.17, 15) is 0 Å². The van der Waals surface area contributed by atoms with Crippen LogP contribution < -0.4 is 14.8 Å². The number of hydrogen-bond donors (Lipinski definition) is 1. The lowest BCUT2D eigenvalue weighted by Gasteiger charge is -2.28. The zero-order chi connectivity index (χ0) is 15.7. The summed E-state index contributed by atoms with van der Waals surface area (Å²) in [5, 5.41) is 3.59. The fourth-order valence-corrected chi connectivity index (χ4v) is 2.52. The zero-order valence-electron chi connectivity index (χ0n) is 13.9. The molecule has 0 aromatic heterocycles. The van der Waals surface area contributed by atoms with Crippen LogP contribution in [0.1, 0.15) is 44.7 Å². The van der Waals surface area contributed by atoms with Crippen LogP contribution in [0.5, 0.6) is 11.5 Å². The van der Waals surface area contributed by atoms with Crippen molar-refractivity contribution in [2.24, 2.45) is 0 Å². The summed E-state index contributed by atoms with van der Waals surface area (Å²) in [7, 11) is 5.09. The van der Waals surface area contributed by atoms with Crippen molar-refractivity contribution in [3.63, 3.8) is 0 Å². The highest BCUT2D eigenvalue weighted by Gasteiger charge is 2.23. The lowest BCUT2D eigenvalue weighted by molar-refractivity contribution is 0.0605. The summed E-state index contributed by atoms with van der Waals surface area (Å²) in [6, 6.07) is 6.23. The fraction of sp³-hybridized carbons (Fsp3) is 0.647. The first-order valence-corrected chi connectivity index (χ1v) is 7.69. The van der Waals surface area contributed by atoms with Crippen molar-refractivity contribution in [1.82, 2.24) is 5.32 Å². The standard InChI is InChI=1S/C17H29NO3/c1-6-8-15(20-4)17(18-11-7-2)13-9-10-14(19-3)16(12-13)21-5/h9-10,12,15,17-18H,6-8,11H2,1-5H3. The molecule has 0 heterocycles. The predicted molar refractivity (Wildman–Crippen MR) is 86.3 cm³/mol. The lowest BCUT2D eigenvalue weighted by Crippen LogP contribution is -2.33. The van der Waals surface area contributed by atoms with Crippen LogP contribution in [-0.2, 0) is 4.74 Å². The summed E-state index contributed by atoms with van der Waals surface area (Å²) >= 11 is 0. The Morgan fingerprint density at radius 1 is 1.00 bits per heavy atom. The molecule has 0 bridgehead atoms. The second kappa shape index (κ2) is 9.64. The van der Waals surface area contributed by atoms with E-state index >= 15 is 0 Å². The Morgan fingerprint density at radius 2 is 1.71 bits per heavy atom. The number of hydrogen-bond acceptors (Lipinski definition) is 4. The third-order valence-corrected chi connectivity index (χ3v) is 3.63. The Hall–Kier alpha value is -1.26. The van der Waals surface area contributed by atoms with Gasteiger partial charge in [-0.15, -0.1) is 0 Å². The normalized spacial score (nSPS) is 13.8. The van der Waals surface area contributed by atoms with E-state index in [0.29, 0.717) is 0 Å². The van der Waals surface area contributed by atoms with Gasteiger partial charge in [-0.05, 0) is 37.1 Å². The van der Waals surface area contributed by atoms with Gasteiger partial charge < -0.3 is 19.5 Å². The molecule has 2 atom stereocenters. The molecule has 0 amide bonds. The zero-order valence-corrected chi connectivity index (χ0v) is 13.9. The van der Waals surface area contributed by atoms with Crippen molar-refractivity contribution in [3.05, 3.63) is 23.8 Å². The molecule has 2 unspecified atom stereocenters. The topological polar surface area (TPSA) is 39.7 Å². The monoisotopic (exact) mass is 295 g/mol. The highest BCUT2D eigenvalue weighted by atomic mass is 16.5. The van der Waals surface area contributed by atoms with E-state index < -0.39 is 0 Å². The molecule has 1 N–H and O–H groups in total. The summed E-state index contributed by atoms with van der Waals surface area (Å²) in [4.78, 5) is 0. The number of benzene rings is 1. The molecule has 0 saturated carbocycles. The molecule has 1 rings (SSSR count). The maximum atomic E-state index is 5.70. The van der Waals surface area contributed by atoms with Crippen LogP contribution in [0.4, 0.5) is 0 Å². The van der Waals surface area contributed by atoms with Gasteiger partial charge in [-0.25, -0.2) is 0 Å². The Morgan fingerprint density at radius 3 is 2.24 bits per heavy atom. The van der Waals surface area contributed by atoms with Crippen LogP contribution in [-0.4, -0.2) is 34.0 Å². The van der Waals surface area contributed by atoms with Crippen LogP contribution in [0.15, 0.2) is 18.2 Å². The third-order valence-electron chi connectivity index (χ3n) is 3.63. The Bertz CT molecular complexity index is 409. The predicted octanol–water partition coefficient (Wildman–Crippen LogP) is 3.56. The Balaban J connectivity index is 3.06. The molecule has 21 heavy (non-hydrogen) atoms. The summed E-state index contributed by atoms with van der Waals surface area (Å²) in [6.07, 6.45) is 3.36. The van der Waals surface area contributed by atoms with Gasteiger partial charge in [-0.2, -0.15) is 0 Å². The molecular weight excluding hydrogens is 266 g/mol. The molecule has 0 aliphatic rings. The number of ether oxygens (including phenoxy) is 3. The molecule has 0 saturated heterocycles. The molecule has 1 aromatic carbocycles. The highest BCUT2D eigenvalue weighted by Crippen LogP contribution is 2.32. The van der Waals surface area contributed by atoms with Gasteiger partial charge in [0.1, 0.15) is 0 Å². The third kappa shape index (κ3) is 4.90. The van der Waals surface area contributed by atoms with Gasteiger partial charge in [0, 0.05) is 7.11 Å². The molecule has 0 spiro atoms. The summed E-state index contributed by atoms with van der Waals surface area (Å²) < 4.78 is 16.4. The molecule has 4 nitrogen and oxygen atoms in total. The van der Waals surface area contributed by atoms with Crippen LogP contribution in [0, 0.1) is 0 Å². The van der Waals surface area contributed by atoms with Gasteiger partial charge in [0.15, 0.2) is 11.5 Å². The Kier molecular flexibility index (Phi) is 8.16. The van der Waals surface area contributed by atoms with Gasteiger partial charge >= 0.3 is 0 Å². The maximum Gasteiger partial charge on any atom is 0.161 e. The minimum absolute atomic E-state index is 0.152. The van der Waals surface area contributed by atoms with Crippen LogP contribution in [0.25, 0.3) is 0 Å². The minimum atomic E-state index is 0.152. The van der Waals surface area contributed by atoms with E-state index in [1.165, 1.54) is 5.56 Å². The van der Waals surface area contributed by atoms with E-state index in [1.54, 1.807) is 21.3 Å². The highest BCUT2D eigenvalue weighted by molar-refractivity contribution is 5.44. The van der Waals surface area contributed by atoms with Gasteiger partial charge in [-0.1, -0.05) is 26.3 Å². The first-order valence-electron chi connectivity index (χ1n) is 7.69. The molecule has 0 radical (unpaired) electrons. The number of rotatable bonds is 10. The van der Waals surface area contributed by atoms with Crippen LogP contribution in [0.3, 0.4) is 0 Å². The van der Waals surface area contributed by atoms with Gasteiger partial charge in [0.2, 0.25) is 0 Å². The van der Waals surface area contributed by atoms with Gasteiger partial charge in [-0.3, -0.25) is 0 Å². The van der Waals surface area contributed by atoms with Crippen molar-refractivity contribution in [3.8, 4) is 11.5 Å². The van der Waals surface area contributed by atoms with Crippen molar-refractivity contribution in [2.75, 3.05) is 27.9 Å². The van der Waals surface area contributed by atoms with Crippen molar-refractivity contribution >= 4 is 0 Å². The molecular formula is C17H29NO3. The number of nitrogens with one attached hydrogen (secondary N) is 1.